The average Bonchev–Trinajstić information content (AvgIpc) is 3.17. The van der Waals surface area contributed by atoms with Gasteiger partial charge in [-0.15, -0.1) is 0 Å². The number of ether oxygens (including phenoxy) is 3. The quantitative estimate of drug-likeness (QED) is 0.430. The molecule has 0 unspecified atom stereocenters. The molecule has 1 aromatic heterocycles. The first-order valence-corrected chi connectivity index (χ1v) is 10.2. The van der Waals surface area contributed by atoms with Gasteiger partial charge in [-0.1, -0.05) is 18.2 Å². The molecule has 8 nitrogen and oxygen atoms in total. The number of methoxy groups -OCH3 is 2. The van der Waals surface area contributed by atoms with Gasteiger partial charge in [0.2, 0.25) is 0 Å². The number of benzene rings is 3. The molecule has 4 rings (SSSR count). The Kier molecular flexibility index (Phi) is 6.26. The third kappa shape index (κ3) is 4.64. The number of hydrogen-bond acceptors (Lipinski definition) is 6. The van der Waals surface area contributed by atoms with E-state index in [2.05, 4.69) is 10.3 Å². The first-order valence-electron chi connectivity index (χ1n) is 10.2. The number of fused-ring (bicyclic) bond motifs is 1. The third-order valence-electron chi connectivity index (χ3n) is 5.07. The molecule has 33 heavy (non-hydrogen) atoms. The fraction of sp³-hybridized carbons (Fsp3) is 0.160. The van der Waals surface area contributed by atoms with Crippen LogP contribution in [0.3, 0.4) is 0 Å². The van der Waals surface area contributed by atoms with Gasteiger partial charge in [-0.3, -0.25) is 9.36 Å². The summed E-state index contributed by atoms with van der Waals surface area (Å²) in [6, 6.07) is 20.0. The molecule has 1 heterocycles. The fourth-order valence-corrected chi connectivity index (χ4v) is 3.56. The van der Waals surface area contributed by atoms with Gasteiger partial charge in [-0.25, -0.2) is 9.78 Å². The monoisotopic (exact) mass is 445 g/mol. The van der Waals surface area contributed by atoms with Gasteiger partial charge in [0.05, 0.1) is 30.8 Å². The zero-order valence-corrected chi connectivity index (χ0v) is 18.5. The molecule has 8 heteroatoms. The molecule has 4 aromatic rings. The lowest BCUT2D eigenvalue weighted by Crippen LogP contribution is -2.21. The summed E-state index contributed by atoms with van der Waals surface area (Å²) in [4.78, 5) is 29.3. The van der Waals surface area contributed by atoms with Crippen LogP contribution in [-0.4, -0.2) is 42.3 Å². The van der Waals surface area contributed by atoms with Gasteiger partial charge < -0.3 is 19.5 Å². The number of para-hydroxylation sites is 1. The van der Waals surface area contributed by atoms with Crippen LogP contribution in [0.25, 0.3) is 16.7 Å². The van der Waals surface area contributed by atoms with E-state index >= 15 is 0 Å². The summed E-state index contributed by atoms with van der Waals surface area (Å²) in [7, 11) is 3.03. The highest BCUT2D eigenvalue weighted by Crippen LogP contribution is 2.29. The van der Waals surface area contributed by atoms with Crippen LogP contribution < -0.4 is 14.8 Å². The molecule has 1 amide bonds. The molecule has 1 N–H and O–H groups in total. The number of amides is 1. The van der Waals surface area contributed by atoms with Crippen LogP contribution in [0.4, 0.5) is 5.69 Å². The van der Waals surface area contributed by atoms with Crippen molar-refractivity contribution in [3.8, 4) is 17.2 Å². The third-order valence-corrected chi connectivity index (χ3v) is 5.07. The maximum Gasteiger partial charge on any atom is 0.338 e. The van der Waals surface area contributed by atoms with Crippen LogP contribution in [0.5, 0.6) is 11.5 Å². The number of aromatic nitrogens is 2. The second-order valence-corrected chi connectivity index (χ2v) is 7.23. The van der Waals surface area contributed by atoms with Gasteiger partial charge in [0.15, 0.2) is 18.1 Å². The summed E-state index contributed by atoms with van der Waals surface area (Å²) in [6.07, 6.45) is 0. The second kappa shape index (κ2) is 9.44. The predicted octanol–water partition coefficient (Wildman–Crippen LogP) is 4.15. The Morgan fingerprint density at radius 1 is 0.939 bits per heavy atom. The predicted molar refractivity (Wildman–Crippen MR) is 124 cm³/mol. The zero-order chi connectivity index (χ0) is 23.4. The molecule has 168 valence electrons. The largest absolute Gasteiger partial charge is 0.493 e. The summed E-state index contributed by atoms with van der Waals surface area (Å²) < 4.78 is 17.6. The first kappa shape index (κ1) is 21.9. The Balaban J connectivity index is 1.43. The SMILES string of the molecule is COc1ccc(NC(=O)COC(=O)c2ccc3c(c2)nc(C)n3-c2ccccc2)cc1OC. The molecule has 0 bridgehead atoms. The standard InChI is InChI=1S/C25H23N3O5/c1-16-26-20-13-17(9-11-21(20)28(16)19-7-5-4-6-8-19)25(30)33-15-24(29)27-18-10-12-22(31-2)23(14-18)32-3/h4-14H,15H2,1-3H3,(H,27,29). The smallest absolute Gasteiger partial charge is 0.338 e. The van der Waals surface area contributed by atoms with Crippen LogP contribution in [0.15, 0.2) is 66.7 Å². The van der Waals surface area contributed by atoms with Gasteiger partial charge in [-0.05, 0) is 49.4 Å². The number of nitrogens with zero attached hydrogens (tertiary/aromatic N) is 2. The fourth-order valence-electron chi connectivity index (χ4n) is 3.56. The number of rotatable bonds is 7. The normalized spacial score (nSPS) is 10.6. The van der Waals surface area contributed by atoms with E-state index in [1.54, 1.807) is 30.3 Å². The van der Waals surface area contributed by atoms with Gasteiger partial charge in [0.1, 0.15) is 5.82 Å². The minimum atomic E-state index is -0.605. The second-order valence-electron chi connectivity index (χ2n) is 7.23. The van der Waals surface area contributed by atoms with Crippen molar-refractivity contribution in [1.29, 1.82) is 0 Å². The Morgan fingerprint density at radius 3 is 2.42 bits per heavy atom. The van der Waals surface area contributed by atoms with Gasteiger partial charge >= 0.3 is 5.97 Å². The van der Waals surface area contributed by atoms with E-state index in [1.165, 1.54) is 14.2 Å². The molecule has 0 atom stereocenters. The summed E-state index contributed by atoms with van der Waals surface area (Å²) in [5.74, 6) is 0.747. The van der Waals surface area contributed by atoms with Crippen molar-refractivity contribution in [1.82, 2.24) is 9.55 Å². The zero-order valence-electron chi connectivity index (χ0n) is 18.5. The average molecular weight is 445 g/mol. The van der Waals surface area contributed by atoms with Crippen molar-refractivity contribution in [2.75, 3.05) is 26.1 Å². The number of carbonyl (C=O) groups excluding carboxylic acids is 2. The van der Waals surface area contributed by atoms with E-state index in [1.807, 2.05) is 47.9 Å². The van der Waals surface area contributed by atoms with Crippen molar-refractivity contribution in [2.45, 2.75) is 6.92 Å². The highest BCUT2D eigenvalue weighted by Gasteiger charge is 2.15. The number of hydrogen-bond donors (Lipinski definition) is 1. The van der Waals surface area contributed by atoms with Crippen molar-refractivity contribution in [3.63, 3.8) is 0 Å². The molecule has 0 radical (unpaired) electrons. The van der Waals surface area contributed by atoms with Crippen molar-refractivity contribution in [3.05, 3.63) is 78.1 Å². The van der Waals surface area contributed by atoms with Gasteiger partial charge in [0.25, 0.3) is 5.91 Å². The maximum atomic E-state index is 12.5. The van der Waals surface area contributed by atoms with Crippen LogP contribution in [0.1, 0.15) is 16.2 Å². The highest BCUT2D eigenvalue weighted by molar-refractivity contribution is 5.97. The summed E-state index contributed by atoms with van der Waals surface area (Å²) >= 11 is 0. The van der Waals surface area contributed by atoms with Crippen LogP contribution in [0, 0.1) is 6.92 Å². The van der Waals surface area contributed by atoms with Crippen molar-refractivity contribution >= 4 is 28.6 Å². The molecule has 0 saturated carbocycles. The molecule has 0 saturated heterocycles. The summed E-state index contributed by atoms with van der Waals surface area (Å²) in [5.41, 5.74) is 3.35. The molecule has 3 aromatic carbocycles. The molecule has 0 aliphatic carbocycles. The lowest BCUT2D eigenvalue weighted by atomic mass is 10.2. The molecule has 0 aliphatic rings. The minimum Gasteiger partial charge on any atom is -0.493 e. The topological polar surface area (TPSA) is 91.7 Å². The van der Waals surface area contributed by atoms with Crippen molar-refractivity contribution in [2.24, 2.45) is 0 Å². The van der Waals surface area contributed by atoms with Crippen LogP contribution in [-0.2, 0) is 9.53 Å². The first-order chi connectivity index (χ1) is 16.0. The van der Waals surface area contributed by atoms with Gasteiger partial charge in [0, 0.05) is 17.4 Å². The van der Waals surface area contributed by atoms with E-state index in [4.69, 9.17) is 14.2 Å². The van der Waals surface area contributed by atoms with Crippen LogP contribution >= 0.6 is 0 Å². The highest BCUT2D eigenvalue weighted by atomic mass is 16.5. The summed E-state index contributed by atoms with van der Waals surface area (Å²) in [5, 5.41) is 2.67. The Bertz CT molecular complexity index is 1310. The number of anilines is 1. The number of carbonyl (C=O) groups is 2. The molecule has 0 fully saturated rings. The summed E-state index contributed by atoms with van der Waals surface area (Å²) in [6.45, 7) is 1.48. The molecular formula is C25H23N3O5. The Morgan fingerprint density at radius 2 is 1.70 bits per heavy atom. The molecular weight excluding hydrogens is 422 g/mol. The molecule has 0 spiro atoms. The van der Waals surface area contributed by atoms with E-state index < -0.39 is 18.5 Å². The number of esters is 1. The number of imidazole rings is 1. The van der Waals surface area contributed by atoms with Crippen LogP contribution in [0.2, 0.25) is 0 Å². The lowest BCUT2D eigenvalue weighted by molar-refractivity contribution is -0.119. The van der Waals surface area contributed by atoms with E-state index in [9.17, 15) is 9.59 Å². The number of nitrogens with one attached hydrogen (secondary N) is 1. The van der Waals surface area contributed by atoms with Gasteiger partial charge in [-0.2, -0.15) is 0 Å². The maximum absolute atomic E-state index is 12.5. The number of aryl methyl sites for hydroxylation is 1. The van der Waals surface area contributed by atoms with E-state index in [0.717, 1.165) is 17.0 Å². The Labute approximate surface area is 190 Å². The minimum absolute atomic E-state index is 0.319. The van der Waals surface area contributed by atoms with E-state index in [0.29, 0.717) is 28.3 Å². The van der Waals surface area contributed by atoms with Crippen molar-refractivity contribution < 1.29 is 23.8 Å². The Hall–Kier alpha value is -4.33. The lowest BCUT2D eigenvalue weighted by Gasteiger charge is -2.11. The van der Waals surface area contributed by atoms with E-state index in [-0.39, 0.29) is 0 Å². The molecule has 0 aliphatic heterocycles.